The third kappa shape index (κ3) is 5.46. The summed E-state index contributed by atoms with van der Waals surface area (Å²) in [5.41, 5.74) is 1.82. The van der Waals surface area contributed by atoms with E-state index in [-0.39, 0.29) is 18.0 Å². The molecule has 0 amide bonds. The lowest BCUT2D eigenvalue weighted by atomic mass is 10.0. The van der Waals surface area contributed by atoms with Crippen LogP contribution in [0.25, 0.3) is 0 Å². The lowest BCUT2D eigenvalue weighted by Crippen LogP contribution is -2.48. The largest absolute Gasteiger partial charge is 0.456 e. The van der Waals surface area contributed by atoms with E-state index in [4.69, 9.17) is 9.47 Å². The van der Waals surface area contributed by atoms with E-state index in [1.165, 1.54) is 5.57 Å². The molecule has 1 fully saturated rings. The van der Waals surface area contributed by atoms with Crippen LogP contribution in [0.3, 0.4) is 0 Å². The van der Waals surface area contributed by atoms with E-state index >= 15 is 0 Å². The van der Waals surface area contributed by atoms with E-state index in [9.17, 15) is 4.79 Å². The number of aromatic amines is 1. The number of allylic oxidation sites excluding steroid dienone is 4. The van der Waals surface area contributed by atoms with Gasteiger partial charge in [-0.3, -0.25) is 9.69 Å². The molecule has 0 saturated carbocycles. The van der Waals surface area contributed by atoms with Crippen LogP contribution < -0.4 is 10.5 Å². The van der Waals surface area contributed by atoms with Crippen LogP contribution in [0.2, 0.25) is 0 Å². The highest BCUT2D eigenvalue weighted by atomic mass is 35.5. The summed E-state index contributed by atoms with van der Waals surface area (Å²) in [5.74, 6) is 1.57. The molecule has 2 aliphatic heterocycles. The van der Waals surface area contributed by atoms with Gasteiger partial charge >= 0.3 is 0 Å². The van der Waals surface area contributed by atoms with E-state index in [0.717, 1.165) is 69.4 Å². The lowest BCUT2D eigenvalue weighted by molar-refractivity contribution is 0.0857. The molecule has 30 heavy (non-hydrogen) atoms. The van der Waals surface area contributed by atoms with Crippen LogP contribution in [0, 0.1) is 0 Å². The number of anilines is 1. The van der Waals surface area contributed by atoms with Crippen LogP contribution in [0.1, 0.15) is 12.8 Å². The molecular formula is C21H28ClN5O3. The monoisotopic (exact) mass is 433 g/mol. The summed E-state index contributed by atoms with van der Waals surface area (Å²) in [7, 11) is 1.98. The summed E-state index contributed by atoms with van der Waals surface area (Å²) in [4.78, 5) is 18.1. The summed E-state index contributed by atoms with van der Waals surface area (Å²) in [6, 6.07) is 1.57. The molecule has 162 valence electrons. The van der Waals surface area contributed by atoms with Crippen molar-refractivity contribution in [3.05, 3.63) is 70.6 Å². The number of piperazine rings is 1. The molecule has 9 heteroatoms. The fourth-order valence-electron chi connectivity index (χ4n) is 3.58. The normalized spacial score (nSPS) is 19.0. The van der Waals surface area contributed by atoms with Crippen LogP contribution in [0.5, 0.6) is 0 Å². The number of ether oxygens (including phenoxy) is 2. The maximum Gasteiger partial charge on any atom is 0.266 e. The molecule has 1 aromatic heterocycles. The molecular weight excluding hydrogens is 406 g/mol. The van der Waals surface area contributed by atoms with Crippen LogP contribution in [-0.2, 0) is 9.47 Å². The van der Waals surface area contributed by atoms with Crippen LogP contribution in [0.4, 0.5) is 5.69 Å². The predicted molar refractivity (Wildman–Crippen MR) is 118 cm³/mol. The first-order chi connectivity index (χ1) is 14.2. The average molecular weight is 434 g/mol. The van der Waals surface area contributed by atoms with Gasteiger partial charge in [0.25, 0.3) is 5.56 Å². The van der Waals surface area contributed by atoms with Gasteiger partial charge in [0.2, 0.25) is 5.88 Å². The van der Waals surface area contributed by atoms with Crippen molar-refractivity contribution in [2.75, 3.05) is 51.2 Å². The standard InChI is InChI=1S/C21H27N5O3.ClH/c1-24(18-13-20(27)23-22-14-18)7-8-25-9-11-26(12-10-25)21-16-28-19(15-29-21)17-5-3-2-4-6-17;/h2-3,5,13-16H,4,6-12H2,1H3,(H,23,27);1H. The van der Waals surface area contributed by atoms with Gasteiger partial charge in [0.1, 0.15) is 6.26 Å². The number of nitrogens with zero attached hydrogens (tertiary/aromatic N) is 4. The minimum atomic E-state index is -0.181. The Morgan fingerprint density at radius 1 is 1.20 bits per heavy atom. The summed E-state index contributed by atoms with van der Waals surface area (Å²) in [6.45, 7) is 5.45. The summed E-state index contributed by atoms with van der Waals surface area (Å²) in [5, 5.41) is 6.26. The first-order valence-electron chi connectivity index (χ1n) is 10.0. The van der Waals surface area contributed by atoms with E-state index in [2.05, 4.69) is 43.1 Å². The zero-order valence-electron chi connectivity index (χ0n) is 17.1. The molecule has 3 aliphatic rings. The molecule has 0 unspecified atom stereocenters. The number of rotatable bonds is 6. The first kappa shape index (κ1) is 22.0. The van der Waals surface area contributed by atoms with Crippen molar-refractivity contribution in [3.8, 4) is 0 Å². The summed E-state index contributed by atoms with van der Waals surface area (Å²) >= 11 is 0. The SMILES string of the molecule is CN(CCN1CCN(C2=COC(C3=CC=CCC3)=CO2)CC1)c1cn[nH]c(=O)c1.Cl. The quantitative estimate of drug-likeness (QED) is 0.737. The highest BCUT2D eigenvalue weighted by Crippen LogP contribution is 2.26. The second-order valence-electron chi connectivity index (χ2n) is 7.39. The number of halogens is 1. The van der Waals surface area contributed by atoms with Gasteiger partial charge in [0.05, 0.1) is 11.9 Å². The predicted octanol–water partition coefficient (Wildman–Crippen LogP) is 2.21. The van der Waals surface area contributed by atoms with Crippen molar-refractivity contribution < 1.29 is 9.47 Å². The number of hydrogen-bond acceptors (Lipinski definition) is 7. The number of hydrogen-bond donors (Lipinski definition) is 1. The molecule has 1 N–H and O–H groups in total. The van der Waals surface area contributed by atoms with Crippen LogP contribution >= 0.6 is 12.4 Å². The number of likely N-dealkylation sites (N-methyl/N-ethyl adjacent to an activating group) is 1. The molecule has 4 rings (SSSR count). The molecule has 8 nitrogen and oxygen atoms in total. The third-order valence-corrected chi connectivity index (χ3v) is 5.43. The van der Waals surface area contributed by atoms with Gasteiger partial charge in [0.15, 0.2) is 12.0 Å². The van der Waals surface area contributed by atoms with Crippen molar-refractivity contribution in [2.24, 2.45) is 0 Å². The third-order valence-electron chi connectivity index (χ3n) is 5.43. The zero-order chi connectivity index (χ0) is 20.1. The number of aromatic nitrogens is 2. The lowest BCUT2D eigenvalue weighted by Gasteiger charge is -2.37. The van der Waals surface area contributed by atoms with Crippen molar-refractivity contribution in [1.82, 2.24) is 20.0 Å². The van der Waals surface area contributed by atoms with E-state index < -0.39 is 0 Å². The van der Waals surface area contributed by atoms with Crippen molar-refractivity contribution in [3.63, 3.8) is 0 Å². The van der Waals surface area contributed by atoms with Crippen LogP contribution in [-0.4, -0.2) is 66.3 Å². The molecule has 0 bridgehead atoms. The van der Waals surface area contributed by atoms with Gasteiger partial charge in [0, 0.05) is 52.4 Å². The molecule has 0 spiro atoms. The molecule has 3 heterocycles. The van der Waals surface area contributed by atoms with Gasteiger partial charge in [-0.25, -0.2) is 5.10 Å². The second-order valence-corrected chi connectivity index (χ2v) is 7.39. The fourth-order valence-corrected chi connectivity index (χ4v) is 3.58. The Bertz CT molecular complexity index is 900. The smallest absolute Gasteiger partial charge is 0.266 e. The zero-order valence-corrected chi connectivity index (χ0v) is 17.9. The van der Waals surface area contributed by atoms with E-state index in [0.29, 0.717) is 0 Å². The van der Waals surface area contributed by atoms with Crippen molar-refractivity contribution in [1.29, 1.82) is 0 Å². The molecule has 1 saturated heterocycles. The van der Waals surface area contributed by atoms with E-state index in [1.807, 2.05) is 7.05 Å². The van der Waals surface area contributed by atoms with Gasteiger partial charge in [-0.15, -0.1) is 12.4 Å². The highest BCUT2D eigenvalue weighted by molar-refractivity contribution is 5.85. The Morgan fingerprint density at radius 3 is 2.70 bits per heavy atom. The fraction of sp³-hybridized carbons (Fsp3) is 0.429. The Hall–Kier alpha value is -2.71. The van der Waals surface area contributed by atoms with Gasteiger partial charge in [-0.1, -0.05) is 18.2 Å². The van der Waals surface area contributed by atoms with Gasteiger partial charge < -0.3 is 19.3 Å². The van der Waals surface area contributed by atoms with Crippen molar-refractivity contribution >= 4 is 18.1 Å². The van der Waals surface area contributed by atoms with E-state index in [1.54, 1.807) is 24.8 Å². The highest BCUT2D eigenvalue weighted by Gasteiger charge is 2.22. The number of H-pyrrole nitrogens is 1. The Kier molecular flexibility index (Phi) is 7.59. The van der Waals surface area contributed by atoms with Gasteiger partial charge in [-0.2, -0.15) is 5.10 Å². The molecule has 0 atom stereocenters. The van der Waals surface area contributed by atoms with Gasteiger partial charge in [-0.05, 0) is 18.4 Å². The topological polar surface area (TPSA) is 73.9 Å². The second kappa shape index (κ2) is 10.4. The molecule has 0 aromatic carbocycles. The maximum atomic E-state index is 11.4. The maximum absolute atomic E-state index is 11.4. The first-order valence-corrected chi connectivity index (χ1v) is 10.0. The molecule has 1 aliphatic carbocycles. The Morgan fingerprint density at radius 2 is 2.03 bits per heavy atom. The average Bonchev–Trinajstić information content (AvgIpc) is 2.78. The van der Waals surface area contributed by atoms with Crippen molar-refractivity contribution in [2.45, 2.75) is 12.8 Å². The summed E-state index contributed by atoms with van der Waals surface area (Å²) < 4.78 is 11.7. The molecule has 1 aromatic rings. The Labute approximate surface area is 182 Å². The summed E-state index contributed by atoms with van der Waals surface area (Å²) in [6.07, 6.45) is 13.4. The Balaban J connectivity index is 0.00000256. The minimum absolute atomic E-state index is 0. The number of nitrogens with one attached hydrogen (secondary N) is 1. The minimum Gasteiger partial charge on any atom is -0.456 e. The molecule has 0 radical (unpaired) electrons. The van der Waals surface area contributed by atoms with Crippen LogP contribution in [0.15, 0.2) is 65.0 Å².